The maximum Gasteiger partial charge on any atom is 0.510 e. The van der Waals surface area contributed by atoms with Crippen molar-refractivity contribution in [3.8, 4) is 0 Å². The summed E-state index contributed by atoms with van der Waals surface area (Å²) in [6.07, 6.45) is -1.48. The first-order valence-electron chi connectivity index (χ1n) is 4.94. The van der Waals surface area contributed by atoms with Gasteiger partial charge in [-0.2, -0.15) is 0 Å². The van der Waals surface area contributed by atoms with E-state index in [9.17, 15) is 40.5 Å². The monoisotopic (exact) mass is 422 g/mol. The third-order valence-corrected chi connectivity index (χ3v) is 4.31. The lowest BCUT2D eigenvalue weighted by Gasteiger charge is -2.12. The van der Waals surface area contributed by atoms with Gasteiger partial charge < -0.3 is 0 Å². The van der Waals surface area contributed by atoms with E-state index in [1.807, 2.05) is 0 Å². The van der Waals surface area contributed by atoms with E-state index in [0.717, 1.165) is 0 Å². The Morgan fingerprint density at radius 1 is 0.650 bits per heavy atom. The Hall–Kier alpha value is -1.44. The van der Waals surface area contributed by atoms with Crippen LogP contribution in [0.25, 0.3) is 0 Å². The summed E-state index contributed by atoms with van der Waals surface area (Å²) in [4.78, 5) is 37.7. The SMILES string of the molecule is O=[N+]([O-])C(Br)(CCCCC(Br)([N+](=O)[O-])[N+](=O)[O-])[N+](=O)[O-]. The average molecular weight is 424 g/mol. The van der Waals surface area contributed by atoms with Crippen LogP contribution in [0, 0.1) is 40.5 Å². The van der Waals surface area contributed by atoms with Crippen molar-refractivity contribution in [3.05, 3.63) is 40.5 Å². The van der Waals surface area contributed by atoms with Crippen LogP contribution >= 0.6 is 31.9 Å². The second-order valence-corrected chi connectivity index (χ2v) is 6.21. The molecular weight excluding hydrogens is 416 g/mol. The molecule has 0 saturated carbocycles. The molecule has 0 fully saturated rings. The average Bonchev–Trinajstić information content (AvgIpc) is 2.32. The van der Waals surface area contributed by atoms with E-state index in [4.69, 9.17) is 0 Å². The fourth-order valence-electron chi connectivity index (χ4n) is 1.20. The van der Waals surface area contributed by atoms with Gasteiger partial charge in [0.2, 0.25) is 0 Å². The number of halogens is 2. The molecule has 0 unspecified atom stereocenters. The Bertz CT molecular complexity index is 375. The summed E-state index contributed by atoms with van der Waals surface area (Å²) in [7, 11) is 0. The summed E-state index contributed by atoms with van der Waals surface area (Å²) in [6.45, 7) is 0. The molecule has 0 bridgehead atoms. The van der Waals surface area contributed by atoms with Gasteiger partial charge in [0, 0.05) is 0 Å². The van der Waals surface area contributed by atoms with Crippen molar-refractivity contribution in [2.24, 2.45) is 0 Å². The van der Waals surface area contributed by atoms with Crippen molar-refractivity contribution >= 4 is 31.9 Å². The lowest BCUT2D eigenvalue weighted by atomic mass is 10.1. The quantitative estimate of drug-likeness (QED) is 0.134. The van der Waals surface area contributed by atoms with Crippen molar-refractivity contribution in [2.75, 3.05) is 0 Å². The highest BCUT2D eigenvalue weighted by Gasteiger charge is 2.55. The van der Waals surface area contributed by atoms with Gasteiger partial charge in [-0.05, 0) is 12.8 Å². The van der Waals surface area contributed by atoms with E-state index < -0.39 is 41.7 Å². The van der Waals surface area contributed by atoms with Gasteiger partial charge in [-0.1, -0.05) is 0 Å². The topological polar surface area (TPSA) is 173 Å². The lowest BCUT2D eigenvalue weighted by Crippen LogP contribution is -2.41. The van der Waals surface area contributed by atoms with Crippen LogP contribution in [0.4, 0.5) is 0 Å². The molecule has 20 heavy (non-hydrogen) atoms. The molecule has 0 radical (unpaired) electrons. The Morgan fingerprint density at radius 2 is 0.850 bits per heavy atom. The molecule has 0 spiro atoms. The molecule has 14 heteroatoms. The van der Waals surface area contributed by atoms with E-state index in [-0.39, 0.29) is 12.8 Å². The van der Waals surface area contributed by atoms with Crippen LogP contribution in [0.1, 0.15) is 25.7 Å². The van der Waals surface area contributed by atoms with Gasteiger partial charge in [-0.15, -0.1) is 0 Å². The Morgan fingerprint density at radius 3 is 1.00 bits per heavy atom. The summed E-state index contributed by atoms with van der Waals surface area (Å²) in [5.41, 5.74) is 0. The zero-order chi connectivity index (χ0) is 16.1. The fraction of sp³-hybridized carbons (Fsp3) is 1.00. The van der Waals surface area contributed by atoms with Gasteiger partial charge in [0.05, 0.1) is 31.9 Å². The van der Waals surface area contributed by atoms with E-state index in [0.29, 0.717) is 0 Å². The van der Waals surface area contributed by atoms with Crippen LogP contribution in [-0.2, 0) is 0 Å². The number of unbranched alkanes of at least 4 members (excludes halogenated alkanes) is 1. The lowest BCUT2D eigenvalue weighted by molar-refractivity contribution is -0.761. The van der Waals surface area contributed by atoms with Crippen LogP contribution in [0.2, 0.25) is 0 Å². The van der Waals surface area contributed by atoms with Gasteiger partial charge in [-0.25, -0.2) is 0 Å². The molecule has 0 atom stereocenters. The van der Waals surface area contributed by atoms with E-state index in [2.05, 4.69) is 31.9 Å². The molecule has 0 aromatic heterocycles. The Kier molecular flexibility index (Phi) is 6.33. The Labute approximate surface area is 127 Å². The third kappa shape index (κ3) is 4.03. The number of rotatable bonds is 9. The molecule has 0 rings (SSSR count). The summed E-state index contributed by atoms with van der Waals surface area (Å²) in [5, 5.41) is 42.2. The van der Waals surface area contributed by atoms with Gasteiger partial charge in [0.25, 0.3) is 0 Å². The van der Waals surface area contributed by atoms with Crippen LogP contribution in [-0.4, -0.2) is 28.8 Å². The Balaban J connectivity index is 4.60. The summed E-state index contributed by atoms with van der Waals surface area (Å²) in [6, 6.07) is 0. The van der Waals surface area contributed by atoms with Gasteiger partial charge in [-0.3, -0.25) is 40.5 Å². The molecule has 0 aliphatic heterocycles. The second-order valence-electron chi connectivity index (χ2n) is 3.67. The zero-order valence-corrected chi connectivity index (χ0v) is 12.8. The molecule has 0 aromatic carbocycles. The van der Waals surface area contributed by atoms with Gasteiger partial charge in [0.1, 0.15) is 32.5 Å². The molecular formula is C6H8Br2N4O8. The maximum atomic E-state index is 10.6. The molecule has 0 aromatic rings. The minimum Gasteiger partial charge on any atom is -0.258 e. The predicted octanol–water partition coefficient (Wildman–Crippen LogP) is 1.75. The van der Waals surface area contributed by atoms with E-state index >= 15 is 0 Å². The van der Waals surface area contributed by atoms with Gasteiger partial charge >= 0.3 is 9.14 Å². The van der Waals surface area contributed by atoms with Crippen molar-refractivity contribution in [2.45, 2.75) is 34.8 Å². The van der Waals surface area contributed by atoms with Crippen LogP contribution in [0.5, 0.6) is 0 Å². The van der Waals surface area contributed by atoms with Crippen LogP contribution in [0.3, 0.4) is 0 Å². The summed E-state index contributed by atoms with van der Waals surface area (Å²) >= 11 is 4.75. The first-order valence-corrected chi connectivity index (χ1v) is 6.53. The molecule has 12 nitrogen and oxygen atoms in total. The normalized spacial score (nSPS) is 11.9. The smallest absolute Gasteiger partial charge is 0.258 e. The summed E-state index contributed by atoms with van der Waals surface area (Å²) < 4.78 is -5.18. The highest BCUT2D eigenvalue weighted by atomic mass is 79.9. The largest absolute Gasteiger partial charge is 0.510 e. The molecule has 0 saturated heterocycles. The van der Waals surface area contributed by atoms with Crippen molar-refractivity contribution in [1.82, 2.24) is 0 Å². The molecule has 0 aliphatic rings. The molecule has 0 amide bonds. The zero-order valence-electron chi connectivity index (χ0n) is 9.64. The third-order valence-electron chi connectivity index (χ3n) is 2.36. The molecule has 114 valence electrons. The van der Waals surface area contributed by atoms with E-state index in [1.54, 1.807) is 0 Å². The molecule has 0 N–H and O–H groups in total. The van der Waals surface area contributed by atoms with Crippen molar-refractivity contribution < 1.29 is 19.7 Å². The van der Waals surface area contributed by atoms with Crippen molar-refractivity contribution in [3.63, 3.8) is 0 Å². The number of nitro groups is 4. The van der Waals surface area contributed by atoms with E-state index in [1.165, 1.54) is 0 Å². The number of hydrogen-bond acceptors (Lipinski definition) is 8. The maximum absolute atomic E-state index is 10.6. The molecule has 0 aliphatic carbocycles. The standard InChI is InChI=1S/C6H8Br2N4O8/c7-5(9(13)14,10(15)16)3-1-2-4-6(8,11(17)18)12(19)20/h1-4H2. The second kappa shape index (κ2) is 6.83. The number of alkyl halides is 2. The number of nitrogens with zero attached hydrogens (tertiary/aromatic N) is 4. The van der Waals surface area contributed by atoms with Gasteiger partial charge in [0.15, 0.2) is 0 Å². The highest BCUT2D eigenvalue weighted by Crippen LogP contribution is 2.30. The fourth-order valence-corrected chi connectivity index (χ4v) is 1.76. The highest BCUT2D eigenvalue weighted by molar-refractivity contribution is 9.10. The van der Waals surface area contributed by atoms with Crippen LogP contribution in [0.15, 0.2) is 0 Å². The minimum absolute atomic E-state index is 0.178. The van der Waals surface area contributed by atoms with Crippen molar-refractivity contribution in [1.29, 1.82) is 0 Å². The first-order chi connectivity index (χ1) is 8.98. The van der Waals surface area contributed by atoms with Crippen LogP contribution < -0.4 is 0 Å². The molecule has 0 heterocycles. The summed E-state index contributed by atoms with van der Waals surface area (Å²) in [5.74, 6) is 0. The predicted molar refractivity (Wildman–Crippen MR) is 69.8 cm³/mol. The number of hydrogen-bond donors (Lipinski definition) is 0. The first kappa shape index (κ1) is 18.6. The minimum atomic E-state index is -2.59.